The molecule has 2 unspecified atom stereocenters. The van der Waals surface area contributed by atoms with Crippen molar-refractivity contribution in [2.24, 2.45) is 0 Å². The van der Waals surface area contributed by atoms with E-state index in [1.165, 1.54) is 5.56 Å². The first-order chi connectivity index (χ1) is 11.0. The fraction of sp³-hybridized carbons (Fsp3) is 0.333. The van der Waals surface area contributed by atoms with Gasteiger partial charge in [0.15, 0.2) is 0 Å². The quantitative estimate of drug-likeness (QED) is 0.868. The van der Waals surface area contributed by atoms with E-state index in [0.717, 1.165) is 5.56 Å². The Morgan fingerprint density at radius 3 is 2.35 bits per heavy atom. The molecule has 1 saturated heterocycles. The average molecular weight is 331 g/mol. The van der Waals surface area contributed by atoms with E-state index in [1.54, 1.807) is 28.6 Å². The summed E-state index contributed by atoms with van der Waals surface area (Å²) in [6.07, 6.45) is -0.231. The molecule has 2 atom stereocenters. The van der Waals surface area contributed by atoms with Crippen molar-refractivity contribution in [2.75, 3.05) is 13.2 Å². The number of benzene rings is 2. The number of sulfonamides is 1. The first kappa shape index (κ1) is 16.2. The number of hydrogen-bond donors (Lipinski definition) is 0. The number of aryl methyl sites for hydroxylation is 1. The van der Waals surface area contributed by atoms with Gasteiger partial charge in [-0.1, -0.05) is 48.0 Å². The SMILES string of the molecule is Cc1ccc(C2CN(S(=O)(=O)c3ccccc3)C(C)CO2)cc1. The van der Waals surface area contributed by atoms with E-state index >= 15 is 0 Å². The summed E-state index contributed by atoms with van der Waals surface area (Å²) >= 11 is 0. The second kappa shape index (κ2) is 6.43. The van der Waals surface area contributed by atoms with Gasteiger partial charge >= 0.3 is 0 Å². The standard InChI is InChI=1S/C18H21NO3S/c1-14-8-10-16(11-9-14)18-12-19(15(2)13-22-18)23(20,21)17-6-4-3-5-7-17/h3-11,15,18H,12-13H2,1-2H3. The number of hydrogen-bond acceptors (Lipinski definition) is 3. The molecule has 0 amide bonds. The normalized spacial score (nSPS) is 22.9. The Hall–Kier alpha value is -1.69. The van der Waals surface area contributed by atoms with Crippen LogP contribution in [0.4, 0.5) is 0 Å². The van der Waals surface area contributed by atoms with Gasteiger partial charge in [0.25, 0.3) is 0 Å². The molecule has 0 bridgehead atoms. The lowest BCUT2D eigenvalue weighted by Crippen LogP contribution is -2.48. The van der Waals surface area contributed by atoms with E-state index in [1.807, 2.05) is 44.2 Å². The van der Waals surface area contributed by atoms with Crippen molar-refractivity contribution in [2.45, 2.75) is 30.9 Å². The highest BCUT2D eigenvalue weighted by atomic mass is 32.2. The molecule has 1 heterocycles. The zero-order valence-electron chi connectivity index (χ0n) is 13.3. The summed E-state index contributed by atoms with van der Waals surface area (Å²) in [6.45, 7) is 4.64. The molecule has 0 radical (unpaired) electrons. The van der Waals surface area contributed by atoms with Crippen molar-refractivity contribution in [3.05, 3.63) is 65.7 Å². The van der Waals surface area contributed by atoms with Crippen LogP contribution >= 0.6 is 0 Å². The fourth-order valence-electron chi connectivity index (χ4n) is 2.78. The van der Waals surface area contributed by atoms with Gasteiger partial charge in [0, 0.05) is 12.6 Å². The van der Waals surface area contributed by atoms with Gasteiger partial charge in [-0.05, 0) is 31.5 Å². The molecule has 0 aliphatic carbocycles. The molecule has 2 aromatic rings. The highest BCUT2D eigenvalue weighted by Crippen LogP contribution is 2.29. The maximum Gasteiger partial charge on any atom is 0.243 e. The Labute approximate surface area is 137 Å². The highest BCUT2D eigenvalue weighted by Gasteiger charge is 2.35. The molecule has 0 aromatic heterocycles. The van der Waals surface area contributed by atoms with E-state index < -0.39 is 10.0 Å². The predicted molar refractivity (Wildman–Crippen MR) is 89.7 cm³/mol. The fourth-order valence-corrected chi connectivity index (χ4v) is 4.42. The number of nitrogens with zero attached hydrogens (tertiary/aromatic N) is 1. The van der Waals surface area contributed by atoms with Crippen LogP contribution in [0.15, 0.2) is 59.5 Å². The van der Waals surface area contributed by atoms with Crippen LogP contribution in [-0.2, 0) is 14.8 Å². The van der Waals surface area contributed by atoms with Gasteiger partial charge in [0.2, 0.25) is 10.0 Å². The van der Waals surface area contributed by atoms with Crippen molar-refractivity contribution < 1.29 is 13.2 Å². The van der Waals surface area contributed by atoms with Gasteiger partial charge in [0.1, 0.15) is 0 Å². The average Bonchev–Trinajstić information content (AvgIpc) is 2.57. The molecule has 3 rings (SSSR count). The monoisotopic (exact) mass is 331 g/mol. The minimum absolute atomic E-state index is 0.179. The summed E-state index contributed by atoms with van der Waals surface area (Å²) in [5.41, 5.74) is 2.18. The second-order valence-corrected chi connectivity index (χ2v) is 7.86. The van der Waals surface area contributed by atoms with Gasteiger partial charge in [0.05, 0.1) is 17.6 Å². The molecule has 4 nitrogen and oxygen atoms in total. The van der Waals surface area contributed by atoms with Gasteiger partial charge in [-0.3, -0.25) is 0 Å². The van der Waals surface area contributed by atoms with Gasteiger partial charge in [-0.15, -0.1) is 0 Å². The van der Waals surface area contributed by atoms with Crippen molar-refractivity contribution >= 4 is 10.0 Å². The van der Waals surface area contributed by atoms with E-state index in [-0.39, 0.29) is 12.1 Å². The molecular formula is C18H21NO3S. The molecule has 0 N–H and O–H groups in total. The third kappa shape index (κ3) is 3.32. The first-order valence-electron chi connectivity index (χ1n) is 7.73. The van der Waals surface area contributed by atoms with Crippen molar-refractivity contribution in [3.63, 3.8) is 0 Å². The topological polar surface area (TPSA) is 46.6 Å². The molecule has 23 heavy (non-hydrogen) atoms. The third-order valence-electron chi connectivity index (χ3n) is 4.17. The summed E-state index contributed by atoms with van der Waals surface area (Å²) in [6, 6.07) is 16.5. The maximum atomic E-state index is 12.9. The van der Waals surface area contributed by atoms with Crippen LogP contribution in [0, 0.1) is 6.92 Å². The number of ether oxygens (including phenoxy) is 1. The van der Waals surface area contributed by atoms with Gasteiger partial charge in [-0.25, -0.2) is 8.42 Å². The molecule has 5 heteroatoms. The van der Waals surface area contributed by atoms with Crippen LogP contribution in [0.3, 0.4) is 0 Å². The van der Waals surface area contributed by atoms with E-state index in [4.69, 9.17) is 4.74 Å². The first-order valence-corrected chi connectivity index (χ1v) is 9.17. The molecule has 122 valence electrons. The lowest BCUT2D eigenvalue weighted by molar-refractivity contribution is -0.0288. The highest BCUT2D eigenvalue weighted by molar-refractivity contribution is 7.89. The summed E-state index contributed by atoms with van der Waals surface area (Å²) in [7, 11) is -3.51. The lowest BCUT2D eigenvalue weighted by Gasteiger charge is -2.37. The van der Waals surface area contributed by atoms with Gasteiger partial charge < -0.3 is 4.74 Å². The summed E-state index contributed by atoms with van der Waals surface area (Å²) in [5, 5.41) is 0. The maximum absolute atomic E-state index is 12.9. The molecule has 2 aromatic carbocycles. The molecular weight excluding hydrogens is 310 g/mol. The van der Waals surface area contributed by atoms with Crippen LogP contribution in [0.1, 0.15) is 24.2 Å². The van der Waals surface area contributed by atoms with Crippen molar-refractivity contribution in [1.82, 2.24) is 4.31 Å². The Bertz CT molecular complexity index is 757. The van der Waals surface area contributed by atoms with Crippen LogP contribution in [0.25, 0.3) is 0 Å². The molecule has 1 aliphatic heterocycles. The predicted octanol–water partition coefficient (Wildman–Crippen LogP) is 3.15. The van der Waals surface area contributed by atoms with E-state index in [9.17, 15) is 8.42 Å². The van der Waals surface area contributed by atoms with Crippen LogP contribution < -0.4 is 0 Å². The summed E-state index contributed by atoms with van der Waals surface area (Å²) < 4.78 is 33.2. The Balaban J connectivity index is 1.88. The van der Waals surface area contributed by atoms with Gasteiger partial charge in [-0.2, -0.15) is 4.31 Å². The Morgan fingerprint density at radius 1 is 1.04 bits per heavy atom. The third-order valence-corrected chi connectivity index (χ3v) is 6.17. The van der Waals surface area contributed by atoms with Crippen LogP contribution in [-0.4, -0.2) is 31.9 Å². The molecule has 0 saturated carbocycles. The summed E-state index contributed by atoms with van der Waals surface area (Å²) in [4.78, 5) is 0.330. The summed E-state index contributed by atoms with van der Waals surface area (Å²) in [5.74, 6) is 0. The Morgan fingerprint density at radius 2 is 1.70 bits per heavy atom. The van der Waals surface area contributed by atoms with E-state index in [0.29, 0.717) is 18.0 Å². The minimum atomic E-state index is -3.51. The molecule has 1 fully saturated rings. The lowest BCUT2D eigenvalue weighted by atomic mass is 10.1. The molecule has 0 spiro atoms. The van der Waals surface area contributed by atoms with Crippen LogP contribution in [0.5, 0.6) is 0 Å². The smallest absolute Gasteiger partial charge is 0.243 e. The minimum Gasteiger partial charge on any atom is -0.370 e. The number of rotatable bonds is 3. The molecule has 1 aliphatic rings. The van der Waals surface area contributed by atoms with E-state index in [2.05, 4.69) is 0 Å². The Kier molecular flexibility index (Phi) is 4.53. The largest absolute Gasteiger partial charge is 0.370 e. The second-order valence-electron chi connectivity index (χ2n) is 5.97. The van der Waals surface area contributed by atoms with Crippen molar-refractivity contribution in [3.8, 4) is 0 Å². The zero-order valence-corrected chi connectivity index (χ0v) is 14.2. The van der Waals surface area contributed by atoms with Crippen molar-refractivity contribution in [1.29, 1.82) is 0 Å². The zero-order chi connectivity index (χ0) is 16.4. The van der Waals surface area contributed by atoms with Crippen LogP contribution in [0.2, 0.25) is 0 Å². The number of morpholine rings is 1.